The minimum absolute atomic E-state index is 0.407. The standard InChI is InChI=1S/C16H21NO2/c1-19-15-10-9-14(16(17)18)11-13(15)8-7-12-5-3-2-4-6-12/h7-12H,2-6H2,1H3,(H2,17,18)/b8-7+. The third-order valence-corrected chi connectivity index (χ3v) is 3.71. The summed E-state index contributed by atoms with van der Waals surface area (Å²) in [6.45, 7) is 0. The summed E-state index contributed by atoms with van der Waals surface area (Å²) in [5.74, 6) is 1.02. The minimum Gasteiger partial charge on any atom is -0.496 e. The van der Waals surface area contributed by atoms with Crippen LogP contribution in [0.5, 0.6) is 5.75 Å². The molecular formula is C16H21NO2. The molecule has 1 fully saturated rings. The van der Waals surface area contributed by atoms with E-state index in [2.05, 4.69) is 12.2 Å². The van der Waals surface area contributed by atoms with Crippen molar-refractivity contribution in [2.75, 3.05) is 7.11 Å². The number of nitrogens with two attached hydrogens (primary N) is 1. The van der Waals surface area contributed by atoms with Crippen molar-refractivity contribution in [3.05, 3.63) is 35.4 Å². The molecule has 1 aromatic carbocycles. The zero-order chi connectivity index (χ0) is 13.7. The molecule has 1 aliphatic carbocycles. The van der Waals surface area contributed by atoms with E-state index in [1.807, 2.05) is 0 Å². The predicted molar refractivity (Wildman–Crippen MR) is 77.1 cm³/mol. The maximum Gasteiger partial charge on any atom is 0.248 e. The molecule has 0 saturated heterocycles. The number of primary amides is 1. The minimum atomic E-state index is -0.407. The maximum atomic E-state index is 11.2. The predicted octanol–water partition coefficient (Wildman–Crippen LogP) is 3.39. The fourth-order valence-corrected chi connectivity index (χ4v) is 2.58. The molecule has 3 heteroatoms. The summed E-state index contributed by atoms with van der Waals surface area (Å²) in [5, 5.41) is 0. The van der Waals surface area contributed by atoms with Gasteiger partial charge >= 0.3 is 0 Å². The summed E-state index contributed by atoms with van der Waals surface area (Å²) < 4.78 is 5.32. The van der Waals surface area contributed by atoms with Crippen LogP contribution >= 0.6 is 0 Å². The highest BCUT2D eigenvalue weighted by Gasteiger charge is 2.11. The van der Waals surface area contributed by atoms with Crippen LogP contribution in [0.3, 0.4) is 0 Å². The van der Waals surface area contributed by atoms with Crippen molar-refractivity contribution in [1.82, 2.24) is 0 Å². The highest BCUT2D eigenvalue weighted by Crippen LogP contribution is 2.27. The molecule has 2 N–H and O–H groups in total. The second-order valence-electron chi connectivity index (χ2n) is 5.08. The molecular weight excluding hydrogens is 238 g/mol. The van der Waals surface area contributed by atoms with E-state index in [1.54, 1.807) is 25.3 Å². The van der Waals surface area contributed by atoms with Crippen LogP contribution in [-0.2, 0) is 0 Å². The Balaban J connectivity index is 2.18. The normalized spacial score (nSPS) is 16.7. The second kappa shape index (κ2) is 6.41. The first-order valence-corrected chi connectivity index (χ1v) is 6.87. The first kappa shape index (κ1) is 13.7. The van der Waals surface area contributed by atoms with Gasteiger partial charge in [-0.3, -0.25) is 4.79 Å². The van der Waals surface area contributed by atoms with E-state index in [-0.39, 0.29) is 0 Å². The zero-order valence-electron chi connectivity index (χ0n) is 11.4. The number of hydrogen-bond donors (Lipinski definition) is 1. The summed E-state index contributed by atoms with van der Waals surface area (Å²) in [4.78, 5) is 11.2. The number of carbonyl (C=O) groups is 1. The van der Waals surface area contributed by atoms with E-state index in [9.17, 15) is 4.79 Å². The highest BCUT2D eigenvalue weighted by atomic mass is 16.5. The molecule has 0 aliphatic heterocycles. The number of rotatable bonds is 4. The van der Waals surface area contributed by atoms with E-state index in [0.717, 1.165) is 11.3 Å². The van der Waals surface area contributed by atoms with Crippen molar-refractivity contribution in [3.63, 3.8) is 0 Å². The molecule has 1 aromatic rings. The average molecular weight is 259 g/mol. The van der Waals surface area contributed by atoms with Gasteiger partial charge in [-0.25, -0.2) is 0 Å². The third-order valence-electron chi connectivity index (χ3n) is 3.71. The second-order valence-corrected chi connectivity index (χ2v) is 5.08. The molecule has 0 radical (unpaired) electrons. The Labute approximate surface area is 114 Å². The summed E-state index contributed by atoms with van der Waals surface area (Å²) in [6, 6.07) is 5.28. The van der Waals surface area contributed by atoms with Crippen LogP contribution in [-0.4, -0.2) is 13.0 Å². The van der Waals surface area contributed by atoms with Gasteiger partial charge in [-0.2, -0.15) is 0 Å². The number of ether oxygens (including phenoxy) is 1. The Bertz CT molecular complexity index is 474. The Kier molecular flexibility index (Phi) is 4.61. The maximum absolute atomic E-state index is 11.2. The van der Waals surface area contributed by atoms with Gasteiger partial charge in [-0.1, -0.05) is 31.4 Å². The number of methoxy groups -OCH3 is 1. The molecule has 0 bridgehead atoms. The number of amides is 1. The van der Waals surface area contributed by atoms with Crippen LogP contribution in [0.4, 0.5) is 0 Å². The molecule has 0 spiro atoms. The van der Waals surface area contributed by atoms with E-state index in [1.165, 1.54) is 32.1 Å². The molecule has 0 aromatic heterocycles. The van der Waals surface area contributed by atoms with Gasteiger partial charge in [0.05, 0.1) is 7.11 Å². The summed E-state index contributed by atoms with van der Waals surface area (Å²) in [7, 11) is 1.64. The quantitative estimate of drug-likeness (QED) is 0.901. The lowest BCUT2D eigenvalue weighted by molar-refractivity contribution is 0.1000. The Morgan fingerprint density at radius 2 is 2.05 bits per heavy atom. The fraction of sp³-hybridized carbons (Fsp3) is 0.438. The van der Waals surface area contributed by atoms with Gasteiger partial charge in [-0.05, 0) is 37.0 Å². The fourth-order valence-electron chi connectivity index (χ4n) is 2.58. The Morgan fingerprint density at radius 3 is 2.68 bits per heavy atom. The third kappa shape index (κ3) is 3.60. The van der Waals surface area contributed by atoms with Crippen LogP contribution < -0.4 is 10.5 Å². The molecule has 102 valence electrons. The van der Waals surface area contributed by atoms with E-state index >= 15 is 0 Å². The highest BCUT2D eigenvalue weighted by molar-refractivity contribution is 5.93. The van der Waals surface area contributed by atoms with Crippen molar-refractivity contribution in [2.45, 2.75) is 32.1 Å². The van der Waals surface area contributed by atoms with Crippen molar-refractivity contribution in [3.8, 4) is 5.75 Å². The molecule has 1 saturated carbocycles. The lowest BCUT2D eigenvalue weighted by atomic mass is 9.88. The molecule has 3 nitrogen and oxygen atoms in total. The first-order valence-electron chi connectivity index (χ1n) is 6.87. The lowest BCUT2D eigenvalue weighted by Crippen LogP contribution is -2.11. The van der Waals surface area contributed by atoms with Crippen molar-refractivity contribution in [2.24, 2.45) is 11.7 Å². The Hall–Kier alpha value is -1.77. The molecule has 1 amide bonds. The SMILES string of the molecule is COc1ccc(C(N)=O)cc1/C=C/C1CCCCC1. The van der Waals surface area contributed by atoms with Crippen molar-refractivity contribution in [1.29, 1.82) is 0 Å². The molecule has 0 atom stereocenters. The largest absolute Gasteiger partial charge is 0.496 e. The number of hydrogen-bond acceptors (Lipinski definition) is 2. The van der Waals surface area contributed by atoms with E-state index in [4.69, 9.17) is 10.5 Å². The molecule has 2 rings (SSSR count). The first-order chi connectivity index (χ1) is 9.20. The van der Waals surface area contributed by atoms with Gasteiger partial charge in [0.2, 0.25) is 5.91 Å². The number of benzene rings is 1. The van der Waals surface area contributed by atoms with E-state index in [0.29, 0.717) is 11.5 Å². The van der Waals surface area contributed by atoms with Gasteiger partial charge in [0.15, 0.2) is 0 Å². The van der Waals surface area contributed by atoms with Gasteiger partial charge in [0, 0.05) is 11.1 Å². The summed E-state index contributed by atoms with van der Waals surface area (Å²) >= 11 is 0. The smallest absolute Gasteiger partial charge is 0.248 e. The van der Waals surface area contributed by atoms with Crippen LogP contribution in [0.2, 0.25) is 0 Å². The molecule has 0 heterocycles. The average Bonchev–Trinajstić information content (AvgIpc) is 2.45. The topological polar surface area (TPSA) is 52.3 Å². The van der Waals surface area contributed by atoms with Gasteiger partial charge < -0.3 is 10.5 Å². The molecule has 1 aliphatic rings. The van der Waals surface area contributed by atoms with Crippen LogP contribution in [0.25, 0.3) is 6.08 Å². The molecule has 0 unspecified atom stereocenters. The van der Waals surface area contributed by atoms with Crippen LogP contribution in [0.1, 0.15) is 48.0 Å². The number of carbonyl (C=O) groups excluding carboxylic acids is 1. The van der Waals surface area contributed by atoms with Gasteiger partial charge in [0.25, 0.3) is 0 Å². The lowest BCUT2D eigenvalue weighted by Gasteiger charge is -2.17. The monoisotopic (exact) mass is 259 g/mol. The zero-order valence-corrected chi connectivity index (χ0v) is 11.4. The number of allylic oxidation sites excluding steroid dienone is 1. The Morgan fingerprint density at radius 1 is 1.32 bits per heavy atom. The summed E-state index contributed by atoms with van der Waals surface area (Å²) in [5.41, 5.74) is 6.75. The van der Waals surface area contributed by atoms with Gasteiger partial charge in [0.1, 0.15) is 5.75 Å². The van der Waals surface area contributed by atoms with Gasteiger partial charge in [-0.15, -0.1) is 0 Å². The van der Waals surface area contributed by atoms with E-state index < -0.39 is 5.91 Å². The summed E-state index contributed by atoms with van der Waals surface area (Å²) in [6.07, 6.45) is 10.8. The van der Waals surface area contributed by atoms with Crippen molar-refractivity contribution < 1.29 is 9.53 Å². The van der Waals surface area contributed by atoms with Crippen molar-refractivity contribution >= 4 is 12.0 Å². The van der Waals surface area contributed by atoms with Crippen LogP contribution in [0.15, 0.2) is 24.3 Å². The van der Waals surface area contributed by atoms with Crippen LogP contribution in [0, 0.1) is 5.92 Å². The molecule has 19 heavy (non-hydrogen) atoms.